The summed E-state index contributed by atoms with van der Waals surface area (Å²) in [5, 5.41) is 0. The number of benzene rings is 1. The van der Waals surface area contributed by atoms with Gasteiger partial charge in [-0.25, -0.2) is 0 Å². The van der Waals surface area contributed by atoms with Gasteiger partial charge in [-0.05, 0) is 31.0 Å². The van der Waals surface area contributed by atoms with Gasteiger partial charge in [0, 0.05) is 17.8 Å². The molecule has 1 aromatic carbocycles. The van der Waals surface area contributed by atoms with E-state index in [-0.39, 0.29) is 5.91 Å². The van der Waals surface area contributed by atoms with Gasteiger partial charge in [0.15, 0.2) is 0 Å². The fourth-order valence-electron chi connectivity index (χ4n) is 2.01. The lowest BCUT2D eigenvalue weighted by Crippen LogP contribution is -2.41. The second-order valence-corrected chi connectivity index (χ2v) is 4.24. The molecular formula is C12H15N3O2. The molecule has 4 N–H and O–H groups in total. The maximum atomic E-state index is 11.9. The van der Waals surface area contributed by atoms with Gasteiger partial charge in [-0.15, -0.1) is 0 Å². The van der Waals surface area contributed by atoms with Crippen LogP contribution >= 0.6 is 0 Å². The van der Waals surface area contributed by atoms with Crippen LogP contribution in [0.4, 0.5) is 5.69 Å². The lowest BCUT2D eigenvalue weighted by molar-refractivity contribution is -0.119. The van der Waals surface area contributed by atoms with Gasteiger partial charge < -0.3 is 16.4 Å². The van der Waals surface area contributed by atoms with E-state index in [1.165, 1.54) is 0 Å². The van der Waals surface area contributed by atoms with E-state index >= 15 is 0 Å². The molecule has 0 bridgehead atoms. The predicted octanol–water partition coefficient (Wildman–Crippen LogP) is 0.0218. The minimum atomic E-state index is -0.543. The largest absolute Gasteiger partial charge is 0.366 e. The zero-order chi connectivity index (χ0) is 12.6. The third-order valence-electron chi connectivity index (χ3n) is 2.92. The molecule has 1 aromatic rings. The van der Waals surface area contributed by atoms with Gasteiger partial charge in [0.2, 0.25) is 11.8 Å². The van der Waals surface area contributed by atoms with E-state index in [0.717, 1.165) is 17.7 Å². The van der Waals surface area contributed by atoms with E-state index in [4.69, 9.17) is 11.5 Å². The first-order valence-corrected chi connectivity index (χ1v) is 5.50. The van der Waals surface area contributed by atoms with Crippen LogP contribution in [0.25, 0.3) is 0 Å². The molecule has 5 heteroatoms. The quantitative estimate of drug-likeness (QED) is 0.754. The Morgan fingerprint density at radius 1 is 1.41 bits per heavy atom. The van der Waals surface area contributed by atoms with Crippen LogP contribution in [0.3, 0.4) is 0 Å². The molecular weight excluding hydrogens is 218 g/mol. The minimum Gasteiger partial charge on any atom is -0.366 e. The van der Waals surface area contributed by atoms with E-state index in [2.05, 4.69) is 0 Å². The highest BCUT2D eigenvalue weighted by Crippen LogP contribution is 2.29. The Bertz CT molecular complexity index is 483. The second-order valence-electron chi connectivity index (χ2n) is 4.24. The molecule has 0 saturated heterocycles. The van der Waals surface area contributed by atoms with Crippen LogP contribution < -0.4 is 16.4 Å². The lowest BCUT2D eigenvalue weighted by Gasteiger charge is -2.19. The summed E-state index contributed by atoms with van der Waals surface area (Å²) in [4.78, 5) is 24.6. The number of rotatable bonds is 2. The number of nitrogens with two attached hydrogens (primary N) is 2. The first-order valence-electron chi connectivity index (χ1n) is 5.50. The van der Waals surface area contributed by atoms with Crippen molar-refractivity contribution >= 4 is 17.5 Å². The van der Waals surface area contributed by atoms with E-state index in [1.54, 1.807) is 24.0 Å². The van der Waals surface area contributed by atoms with Crippen molar-refractivity contribution in [2.75, 3.05) is 11.4 Å². The Morgan fingerprint density at radius 2 is 2.12 bits per heavy atom. The molecule has 0 fully saturated rings. The second kappa shape index (κ2) is 4.18. The van der Waals surface area contributed by atoms with Crippen LogP contribution in [0.15, 0.2) is 18.2 Å². The van der Waals surface area contributed by atoms with Gasteiger partial charge >= 0.3 is 0 Å². The fourth-order valence-corrected chi connectivity index (χ4v) is 2.01. The molecule has 2 rings (SSSR count). The predicted molar refractivity (Wildman–Crippen MR) is 64.7 cm³/mol. The first-order chi connectivity index (χ1) is 8.00. The number of hydrogen-bond donors (Lipinski definition) is 2. The molecule has 2 amide bonds. The smallest absolute Gasteiger partial charge is 0.248 e. The molecule has 1 aliphatic rings. The Balaban J connectivity index is 2.39. The average Bonchev–Trinajstić information content (AvgIpc) is 2.70. The van der Waals surface area contributed by atoms with Crippen molar-refractivity contribution < 1.29 is 9.59 Å². The zero-order valence-electron chi connectivity index (χ0n) is 9.64. The van der Waals surface area contributed by atoms with Gasteiger partial charge in [-0.3, -0.25) is 9.59 Å². The van der Waals surface area contributed by atoms with Crippen molar-refractivity contribution in [2.24, 2.45) is 11.5 Å². The van der Waals surface area contributed by atoms with E-state index in [0.29, 0.717) is 12.1 Å². The molecule has 17 heavy (non-hydrogen) atoms. The van der Waals surface area contributed by atoms with Gasteiger partial charge in [-0.1, -0.05) is 6.07 Å². The number of hydrogen-bond acceptors (Lipinski definition) is 3. The number of primary amides is 1. The number of nitrogens with zero attached hydrogens (tertiary/aromatic N) is 1. The summed E-state index contributed by atoms with van der Waals surface area (Å²) in [5.74, 6) is -0.627. The normalized spacial score (nSPS) is 15.5. The topological polar surface area (TPSA) is 89.4 Å². The molecule has 0 aliphatic carbocycles. The van der Waals surface area contributed by atoms with E-state index < -0.39 is 11.9 Å². The maximum absolute atomic E-state index is 11.9. The first kappa shape index (κ1) is 11.6. The van der Waals surface area contributed by atoms with Gasteiger partial charge in [0.1, 0.15) is 0 Å². The SMILES string of the molecule is C[C@@H](N)C(=O)N1CCc2ccc(C(N)=O)cc21. The van der Waals surface area contributed by atoms with Gasteiger partial charge in [-0.2, -0.15) is 0 Å². The summed E-state index contributed by atoms with van der Waals surface area (Å²) in [5.41, 5.74) is 13.0. The number of anilines is 1. The maximum Gasteiger partial charge on any atom is 0.248 e. The molecule has 90 valence electrons. The fraction of sp³-hybridized carbons (Fsp3) is 0.333. The van der Waals surface area contributed by atoms with Crippen molar-refractivity contribution in [2.45, 2.75) is 19.4 Å². The van der Waals surface area contributed by atoms with Crippen LogP contribution in [0.5, 0.6) is 0 Å². The third kappa shape index (κ3) is 2.01. The Hall–Kier alpha value is -1.88. The summed E-state index contributed by atoms with van der Waals surface area (Å²) in [7, 11) is 0. The number of carbonyl (C=O) groups excluding carboxylic acids is 2. The molecule has 0 radical (unpaired) electrons. The van der Waals surface area contributed by atoms with Crippen molar-refractivity contribution in [3.05, 3.63) is 29.3 Å². The van der Waals surface area contributed by atoms with E-state index in [1.807, 2.05) is 6.07 Å². The summed E-state index contributed by atoms with van der Waals surface area (Å²) in [6.07, 6.45) is 0.785. The minimum absolute atomic E-state index is 0.134. The number of fused-ring (bicyclic) bond motifs is 1. The summed E-state index contributed by atoms with van der Waals surface area (Å²) in [6.45, 7) is 2.26. The highest BCUT2D eigenvalue weighted by Gasteiger charge is 2.27. The van der Waals surface area contributed by atoms with E-state index in [9.17, 15) is 9.59 Å². The monoisotopic (exact) mass is 233 g/mol. The van der Waals surface area contributed by atoms with Crippen molar-refractivity contribution in [3.63, 3.8) is 0 Å². The molecule has 5 nitrogen and oxygen atoms in total. The average molecular weight is 233 g/mol. The van der Waals surface area contributed by atoms with Crippen LogP contribution in [-0.4, -0.2) is 24.4 Å². The van der Waals surface area contributed by atoms with Crippen LogP contribution in [0.1, 0.15) is 22.8 Å². The summed E-state index contributed by atoms with van der Waals surface area (Å²) in [6, 6.07) is 4.63. The molecule has 0 spiro atoms. The Morgan fingerprint density at radius 3 is 2.71 bits per heavy atom. The molecule has 1 atom stereocenters. The van der Waals surface area contributed by atoms with Crippen molar-refractivity contribution in [3.8, 4) is 0 Å². The van der Waals surface area contributed by atoms with Crippen molar-refractivity contribution in [1.29, 1.82) is 0 Å². The Labute approximate surface area is 99.4 Å². The lowest BCUT2D eigenvalue weighted by atomic mass is 10.1. The van der Waals surface area contributed by atoms with Crippen LogP contribution in [0, 0.1) is 0 Å². The molecule has 0 unspecified atom stereocenters. The van der Waals surface area contributed by atoms with Gasteiger partial charge in [0.25, 0.3) is 0 Å². The summed E-state index contributed by atoms with van der Waals surface area (Å²) < 4.78 is 0. The third-order valence-corrected chi connectivity index (χ3v) is 2.92. The molecule has 1 heterocycles. The zero-order valence-corrected chi connectivity index (χ0v) is 9.64. The number of amides is 2. The van der Waals surface area contributed by atoms with Crippen molar-refractivity contribution in [1.82, 2.24) is 0 Å². The molecule has 1 aliphatic heterocycles. The van der Waals surface area contributed by atoms with Crippen LogP contribution in [0.2, 0.25) is 0 Å². The molecule has 0 aromatic heterocycles. The highest BCUT2D eigenvalue weighted by molar-refractivity contribution is 6.01. The highest BCUT2D eigenvalue weighted by atomic mass is 16.2. The molecule has 0 saturated carbocycles. The van der Waals surface area contributed by atoms with Gasteiger partial charge in [0.05, 0.1) is 6.04 Å². The van der Waals surface area contributed by atoms with Crippen LogP contribution in [-0.2, 0) is 11.2 Å². The summed E-state index contributed by atoms with van der Waals surface area (Å²) >= 11 is 0. The number of carbonyl (C=O) groups is 2. The standard InChI is InChI=1S/C12H15N3O2/c1-7(13)12(17)15-5-4-8-2-3-9(11(14)16)6-10(8)15/h2-3,6-7H,4-5,13H2,1H3,(H2,14,16)/t7-/m1/s1. The Kier molecular flexibility index (Phi) is 2.85.